The van der Waals surface area contributed by atoms with Crippen LogP contribution in [0.25, 0.3) is 0 Å². The van der Waals surface area contributed by atoms with Crippen LogP contribution in [0.5, 0.6) is 0 Å². The van der Waals surface area contributed by atoms with Crippen LogP contribution in [0.2, 0.25) is 0 Å². The van der Waals surface area contributed by atoms with E-state index in [2.05, 4.69) is 0 Å². The molecule has 328 valence electrons. The van der Waals surface area contributed by atoms with Crippen LogP contribution in [0.3, 0.4) is 0 Å². The Labute approximate surface area is 325 Å². The number of ether oxygens (including phenoxy) is 10. The minimum Gasteiger partial charge on any atom is -0.461 e. The summed E-state index contributed by atoms with van der Waals surface area (Å²) in [6.07, 6.45) is -9.01. The van der Waals surface area contributed by atoms with Crippen molar-refractivity contribution in [3.8, 4) is 0 Å². The van der Waals surface area contributed by atoms with Gasteiger partial charge in [-0.3, -0.25) is 4.79 Å². The Morgan fingerprint density at radius 1 is 0.393 bits per heavy atom. The fourth-order valence-corrected chi connectivity index (χ4v) is 3.58. The van der Waals surface area contributed by atoms with Crippen molar-refractivity contribution in [1.82, 2.24) is 0 Å². The van der Waals surface area contributed by atoms with Crippen molar-refractivity contribution in [3.63, 3.8) is 0 Å². The Hall–Kier alpha value is -2.97. The van der Waals surface area contributed by atoms with Crippen molar-refractivity contribution in [1.29, 1.82) is 0 Å². The molecule has 0 radical (unpaired) electrons. The van der Waals surface area contributed by atoms with Crippen molar-refractivity contribution >= 4 is 29.7 Å². The summed E-state index contributed by atoms with van der Waals surface area (Å²) in [4.78, 5) is 68.4. The summed E-state index contributed by atoms with van der Waals surface area (Å²) < 4.78 is 53.4. The van der Waals surface area contributed by atoms with Crippen LogP contribution in [0, 0.1) is 0 Å². The number of carbonyl (C=O) groups excluding carboxylic acids is 5. The molecule has 0 saturated carbocycles. The Kier molecular flexibility index (Phi) is 31.3. The third-order valence-electron chi connectivity index (χ3n) is 6.60. The average molecular weight is 821 g/mol. The Morgan fingerprint density at radius 3 is 1.05 bits per heavy atom. The fourth-order valence-electron chi connectivity index (χ4n) is 3.58. The van der Waals surface area contributed by atoms with E-state index in [-0.39, 0.29) is 106 Å². The number of carbonyl (C=O) groups is 5. The van der Waals surface area contributed by atoms with E-state index in [4.69, 9.17) is 57.1 Å². The smallest absolute Gasteiger partial charge is 0.334 e. The number of hydrogen-bond acceptors (Lipinski definition) is 22. The normalized spacial score (nSPS) is 15.8. The van der Waals surface area contributed by atoms with Gasteiger partial charge < -0.3 is 72.9 Å². The lowest BCUT2D eigenvalue weighted by Gasteiger charge is -2.22. The minimum atomic E-state index is -1.32. The first-order valence-electron chi connectivity index (χ1n) is 18.0. The van der Waals surface area contributed by atoms with Gasteiger partial charge in [-0.15, -0.1) is 0 Å². The van der Waals surface area contributed by atoms with Crippen LogP contribution in [0.4, 0.5) is 0 Å². The second-order valence-electron chi connectivity index (χ2n) is 12.0. The van der Waals surface area contributed by atoms with Crippen molar-refractivity contribution in [2.24, 2.45) is 0 Å². The molecule has 22 heteroatoms. The summed E-state index contributed by atoms with van der Waals surface area (Å²) in [6, 6.07) is 0. The summed E-state index contributed by atoms with van der Waals surface area (Å²) >= 11 is 0. The van der Waals surface area contributed by atoms with Gasteiger partial charge in [0, 0.05) is 6.42 Å². The van der Waals surface area contributed by atoms with E-state index in [0.717, 1.165) is 0 Å². The molecule has 7 atom stereocenters. The van der Waals surface area contributed by atoms with Gasteiger partial charge in [-0.2, -0.15) is 0 Å². The highest BCUT2D eigenvalue weighted by atomic mass is 17.2. The molecule has 0 aliphatic rings. The van der Waals surface area contributed by atoms with Gasteiger partial charge >= 0.3 is 23.9 Å². The molecule has 0 aliphatic heterocycles. The molecule has 22 nitrogen and oxygen atoms in total. The Bertz CT molecular complexity index is 999. The number of rotatable bonds is 36. The van der Waals surface area contributed by atoms with Crippen LogP contribution < -0.4 is 0 Å². The molecule has 0 heterocycles. The monoisotopic (exact) mass is 820 g/mol. The van der Waals surface area contributed by atoms with E-state index in [0.29, 0.717) is 0 Å². The second kappa shape index (κ2) is 33.0. The summed E-state index contributed by atoms with van der Waals surface area (Å²) in [5, 5.41) is 46.5. The molecule has 0 amide bonds. The Balaban J connectivity index is 5.38. The standard InChI is InChI=1S/C34H60O22/c1-22(35)30(40)6-7-55-56-29(20-47-18-27(49-12-14-53-33(43)25(4)38)16-45-8-10-51-31(41)23(2)36)21-48-19-28(50-13-15-54-34(44)26(5)39)17-46-9-11-52-32(42)24(3)37/h22-29,35-39H,6-21H2,1-5H3. The van der Waals surface area contributed by atoms with Crippen molar-refractivity contribution < 1.29 is 107 Å². The summed E-state index contributed by atoms with van der Waals surface area (Å²) in [5.41, 5.74) is 0. The van der Waals surface area contributed by atoms with E-state index < -0.39 is 78.5 Å². The van der Waals surface area contributed by atoms with Gasteiger partial charge in [-0.1, -0.05) is 0 Å². The number of hydrogen-bond donors (Lipinski definition) is 5. The van der Waals surface area contributed by atoms with Gasteiger partial charge in [-0.05, 0) is 34.6 Å². The third-order valence-corrected chi connectivity index (χ3v) is 6.60. The van der Waals surface area contributed by atoms with E-state index in [1.807, 2.05) is 0 Å². The topological polar surface area (TPSA) is 297 Å². The molecule has 56 heavy (non-hydrogen) atoms. The predicted molar refractivity (Wildman–Crippen MR) is 185 cm³/mol. The summed E-state index contributed by atoms with van der Waals surface area (Å²) in [6.45, 7) is 4.48. The molecular weight excluding hydrogens is 760 g/mol. The maximum absolute atomic E-state index is 11.8. The molecule has 5 N–H and O–H groups in total. The SMILES string of the molecule is CC(O)C(=O)CCOOC(COCC(COCCOC(=O)C(C)O)OCCOC(=O)C(C)O)COCC(COCCOC(=O)C(C)O)OCCOC(=O)C(C)O. The molecule has 0 aromatic heterocycles. The molecule has 0 aromatic rings. The first-order valence-corrected chi connectivity index (χ1v) is 18.0. The molecule has 0 aliphatic carbocycles. The molecule has 7 unspecified atom stereocenters. The number of Topliss-reactive ketones (excluding diaryl/α,β-unsaturated/α-hetero) is 1. The number of aliphatic hydroxyl groups is 5. The maximum Gasteiger partial charge on any atom is 0.334 e. The molecule has 0 rings (SSSR count). The van der Waals surface area contributed by atoms with Gasteiger partial charge in [-0.25, -0.2) is 29.0 Å². The lowest BCUT2D eigenvalue weighted by molar-refractivity contribution is -0.337. The first kappa shape index (κ1) is 53.0. The summed E-state index contributed by atoms with van der Waals surface area (Å²) in [7, 11) is 0. The van der Waals surface area contributed by atoms with Crippen molar-refractivity contribution in [3.05, 3.63) is 0 Å². The van der Waals surface area contributed by atoms with Gasteiger partial charge in [0.1, 0.15) is 75.3 Å². The second-order valence-corrected chi connectivity index (χ2v) is 12.0. The fraction of sp³-hybridized carbons (Fsp3) is 0.853. The van der Waals surface area contributed by atoms with Gasteiger partial charge in [0.15, 0.2) is 5.78 Å². The van der Waals surface area contributed by atoms with E-state index in [9.17, 15) is 49.5 Å². The van der Waals surface area contributed by atoms with E-state index in [1.165, 1.54) is 34.6 Å². The molecular formula is C34H60O22. The van der Waals surface area contributed by atoms with Gasteiger partial charge in [0.2, 0.25) is 0 Å². The highest BCUT2D eigenvalue weighted by Crippen LogP contribution is 2.05. The van der Waals surface area contributed by atoms with Crippen LogP contribution >= 0.6 is 0 Å². The zero-order valence-electron chi connectivity index (χ0n) is 32.6. The number of esters is 4. The Morgan fingerprint density at radius 2 is 0.714 bits per heavy atom. The molecule has 0 spiro atoms. The first-order chi connectivity index (χ1) is 26.5. The predicted octanol–water partition coefficient (Wildman–Crippen LogP) is -2.82. The minimum absolute atomic E-state index is 0.0448. The van der Waals surface area contributed by atoms with E-state index in [1.54, 1.807) is 0 Å². The quantitative estimate of drug-likeness (QED) is 0.0140. The zero-order chi connectivity index (χ0) is 42.3. The van der Waals surface area contributed by atoms with Gasteiger partial charge in [0.05, 0.1) is 72.7 Å². The summed E-state index contributed by atoms with van der Waals surface area (Å²) in [5.74, 6) is -3.81. The van der Waals surface area contributed by atoms with Gasteiger partial charge in [0.25, 0.3) is 0 Å². The third kappa shape index (κ3) is 29.3. The largest absolute Gasteiger partial charge is 0.461 e. The van der Waals surface area contributed by atoms with Crippen molar-refractivity contribution in [2.45, 2.75) is 89.9 Å². The number of aliphatic hydroxyl groups excluding tert-OH is 5. The molecule has 0 saturated heterocycles. The molecule has 0 bridgehead atoms. The molecule has 0 aromatic carbocycles. The number of ketones is 1. The average Bonchev–Trinajstić information content (AvgIpc) is 3.14. The van der Waals surface area contributed by atoms with Crippen LogP contribution in [-0.4, -0.2) is 203 Å². The van der Waals surface area contributed by atoms with Crippen LogP contribution in [-0.2, 0) is 81.1 Å². The van der Waals surface area contributed by atoms with E-state index >= 15 is 0 Å². The van der Waals surface area contributed by atoms with Crippen LogP contribution in [0.15, 0.2) is 0 Å². The zero-order valence-corrected chi connectivity index (χ0v) is 32.6. The maximum atomic E-state index is 11.8. The lowest BCUT2D eigenvalue weighted by atomic mass is 10.2. The van der Waals surface area contributed by atoms with Crippen molar-refractivity contribution in [2.75, 3.05) is 99.1 Å². The van der Waals surface area contributed by atoms with Crippen LogP contribution in [0.1, 0.15) is 41.0 Å². The highest BCUT2D eigenvalue weighted by Gasteiger charge is 2.20. The molecule has 0 fully saturated rings. The highest BCUT2D eigenvalue weighted by molar-refractivity contribution is 5.82. The lowest BCUT2D eigenvalue weighted by Crippen LogP contribution is -2.34.